The van der Waals surface area contributed by atoms with E-state index >= 15 is 0 Å². The standard InChI is InChI=1S/C17H16ClNO4/c1-23-17(22)4-2-3-16(21)14-9-11(7-8-19-14)13-10-12(18)5-6-15(13)20/h5-10,20H,2-4H2,1H3. The van der Waals surface area contributed by atoms with Crippen molar-refractivity contribution in [1.29, 1.82) is 0 Å². The number of benzene rings is 1. The number of pyridine rings is 1. The zero-order valence-electron chi connectivity index (χ0n) is 12.6. The Kier molecular flexibility index (Phi) is 5.71. The van der Waals surface area contributed by atoms with Gasteiger partial charge < -0.3 is 9.84 Å². The number of aromatic nitrogens is 1. The predicted molar refractivity (Wildman–Crippen MR) is 86.5 cm³/mol. The van der Waals surface area contributed by atoms with Crippen LogP contribution in [0.1, 0.15) is 29.8 Å². The summed E-state index contributed by atoms with van der Waals surface area (Å²) in [7, 11) is 1.31. The van der Waals surface area contributed by atoms with Gasteiger partial charge in [-0.05, 0) is 42.3 Å². The van der Waals surface area contributed by atoms with Crippen LogP contribution in [0, 0.1) is 0 Å². The molecule has 2 rings (SSSR count). The van der Waals surface area contributed by atoms with Gasteiger partial charge in [-0.2, -0.15) is 0 Å². The molecule has 0 saturated heterocycles. The minimum atomic E-state index is -0.344. The van der Waals surface area contributed by atoms with Gasteiger partial charge in [0.25, 0.3) is 0 Å². The molecule has 0 radical (unpaired) electrons. The molecule has 0 atom stereocenters. The molecule has 2 aromatic rings. The lowest BCUT2D eigenvalue weighted by Gasteiger charge is -2.07. The van der Waals surface area contributed by atoms with Gasteiger partial charge in [0.2, 0.25) is 0 Å². The van der Waals surface area contributed by atoms with E-state index < -0.39 is 0 Å². The summed E-state index contributed by atoms with van der Waals surface area (Å²) in [5.74, 6) is -0.440. The fourth-order valence-corrected chi connectivity index (χ4v) is 2.29. The lowest BCUT2D eigenvalue weighted by Crippen LogP contribution is -2.05. The van der Waals surface area contributed by atoms with Gasteiger partial charge >= 0.3 is 5.97 Å². The van der Waals surface area contributed by atoms with Crippen molar-refractivity contribution in [3.8, 4) is 16.9 Å². The number of ether oxygens (including phenoxy) is 1. The topological polar surface area (TPSA) is 76.5 Å². The molecular formula is C17H16ClNO4. The first-order valence-corrected chi connectivity index (χ1v) is 7.44. The summed E-state index contributed by atoms with van der Waals surface area (Å²) in [5.41, 5.74) is 1.46. The number of methoxy groups -OCH3 is 1. The van der Waals surface area contributed by atoms with Crippen molar-refractivity contribution in [2.24, 2.45) is 0 Å². The van der Waals surface area contributed by atoms with Crippen LogP contribution in [0.25, 0.3) is 11.1 Å². The number of rotatable bonds is 6. The van der Waals surface area contributed by atoms with E-state index in [1.54, 1.807) is 24.3 Å². The summed E-state index contributed by atoms with van der Waals surface area (Å²) in [6.45, 7) is 0. The highest BCUT2D eigenvalue weighted by molar-refractivity contribution is 6.31. The van der Waals surface area contributed by atoms with Gasteiger partial charge in [0.1, 0.15) is 11.4 Å². The molecule has 120 valence electrons. The Morgan fingerprint density at radius 3 is 2.74 bits per heavy atom. The Balaban J connectivity index is 2.15. The minimum absolute atomic E-state index is 0.0738. The molecule has 23 heavy (non-hydrogen) atoms. The normalized spacial score (nSPS) is 10.3. The average molecular weight is 334 g/mol. The van der Waals surface area contributed by atoms with Crippen LogP contribution in [0.5, 0.6) is 5.75 Å². The lowest BCUT2D eigenvalue weighted by atomic mass is 10.0. The van der Waals surface area contributed by atoms with Crippen LogP contribution in [-0.2, 0) is 9.53 Å². The van der Waals surface area contributed by atoms with E-state index in [0.717, 1.165) is 0 Å². The van der Waals surface area contributed by atoms with E-state index in [0.29, 0.717) is 22.6 Å². The number of nitrogens with zero attached hydrogens (tertiary/aromatic N) is 1. The zero-order valence-corrected chi connectivity index (χ0v) is 13.3. The first-order valence-electron chi connectivity index (χ1n) is 7.06. The summed E-state index contributed by atoms with van der Waals surface area (Å²) >= 11 is 5.94. The van der Waals surface area contributed by atoms with Gasteiger partial charge in [0.05, 0.1) is 7.11 Å². The van der Waals surface area contributed by atoms with Crippen molar-refractivity contribution < 1.29 is 19.4 Å². The highest BCUT2D eigenvalue weighted by atomic mass is 35.5. The quantitative estimate of drug-likeness (QED) is 0.645. The number of aromatic hydroxyl groups is 1. The van der Waals surface area contributed by atoms with Crippen molar-refractivity contribution in [3.63, 3.8) is 0 Å². The number of hydrogen-bond donors (Lipinski definition) is 1. The summed E-state index contributed by atoms with van der Waals surface area (Å²) in [6.07, 6.45) is 2.30. The van der Waals surface area contributed by atoms with Crippen molar-refractivity contribution >= 4 is 23.4 Å². The average Bonchev–Trinajstić information content (AvgIpc) is 2.56. The Labute approximate surface area is 138 Å². The lowest BCUT2D eigenvalue weighted by molar-refractivity contribution is -0.140. The number of phenols is 1. The van der Waals surface area contributed by atoms with Crippen molar-refractivity contribution in [2.75, 3.05) is 7.11 Å². The van der Waals surface area contributed by atoms with Crippen LogP contribution in [0.4, 0.5) is 0 Å². The first-order chi connectivity index (χ1) is 11.0. The summed E-state index contributed by atoms with van der Waals surface area (Å²) < 4.78 is 4.53. The molecule has 0 unspecified atom stereocenters. The van der Waals surface area contributed by atoms with E-state index in [4.69, 9.17) is 11.6 Å². The second kappa shape index (κ2) is 7.74. The second-order valence-electron chi connectivity index (χ2n) is 4.94. The number of ketones is 1. The van der Waals surface area contributed by atoms with Crippen LogP contribution in [0.15, 0.2) is 36.5 Å². The third kappa shape index (κ3) is 4.53. The molecule has 0 saturated carbocycles. The molecule has 0 fully saturated rings. The molecule has 1 N–H and O–H groups in total. The maximum atomic E-state index is 12.1. The smallest absolute Gasteiger partial charge is 0.305 e. The number of carbonyl (C=O) groups is 2. The molecule has 5 nitrogen and oxygen atoms in total. The molecule has 0 amide bonds. The molecule has 6 heteroatoms. The largest absolute Gasteiger partial charge is 0.507 e. The maximum Gasteiger partial charge on any atom is 0.305 e. The molecule has 0 aliphatic rings. The fraction of sp³-hybridized carbons (Fsp3) is 0.235. The van der Waals surface area contributed by atoms with Crippen molar-refractivity contribution in [2.45, 2.75) is 19.3 Å². The van der Waals surface area contributed by atoms with Crippen molar-refractivity contribution in [3.05, 3.63) is 47.2 Å². The van der Waals surface area contributed by atoms with Gasteiger partial charge in [-0.3, -0.25) is 14.6 Å². The number of phenolic OH excluding ortho intramolecular Hbond substituents is 1. The Bertz CT molecular complexity index is 730. The maximum absolute atomic E-state index is 12.1. The van der Waals surface area contributed by atoms with E-state index in [1.165, 1.54) is 19.4 Å². The number of esters is 1. The summed E-state index contributed by atoms with van der Waals surface area (Å²) in [6, 6.07) is 8.00. The van der Waals surface area contributed by atoms with Crippen LogP contribution in [0.3, 0.4) is 0 Å². The summed E-state index contributed by atoms with van der Waals surface area (Å²) in [4.78, 5) is 27.3. The van der Waals surface area contributed by atoms with Crippen molar-refractivity contribution in [1.82, 2.24) is 4.98 Å². The van der Waals surface area contributed by atoms with Gasteiger partial charge in [0, 0.05) is 29.6 Å². The Hall–Kier alpha value is -2.40. The van der Waals surface area contributed by atoms with Gasteiger partial charge in [-0.1, -0.05) is 11.6 Å². The highest BCUT2D eigenvalue weighted by Gasteiger charge is 2.12. The number of halogens is 1. The van der Waals surface area contributed by atoms with Crippen LogP contribution in [0.2, 0.25) is 5.02 Å². The van der Waals surface area contributed by atoms with Gasteiger partial charge in [-0.25, -0.2) is 0 Å². The van der Waals surface area contributed by atoms with Crippen LogP contribution >= 0.6 is 11.6 Å². The van der Waals surface area contributed by atoms with Crippen LogP contribution < -0.4 is 0 Å². The molecule has 0 aliphatic heterocycles. The SMILES string of the molecule is COC(=O)CCCC(=O)c1cc(-c2cc(Cl)ccc2O)ccn1. The first kappa shape index (κ1) is 17.0. The number of Topliss-reactive ketones (excluding diaryl/α,β-unsaturated/α-hetero) is 1. The Morgan fingerprint density at radius 1 is 1.22 bits per heavy atom. The van der Waals surface area contributed by atoms with E-state index in [2.05, 4.69) is 9.72 Å². The molecule has 0 aliphatic carbocycles. The van der Waals surface area contributed by atoms with Gasteiger partial charge in [0.15, 0.2) is 5.78 Å². The molecule has 1 aromatic heterocycles. The second-order valence-corrected chi connectivity index (χ2v) is 5.38. The molecule has 0 spiro atoms. The third-order valence-electron chi connectivity index (χ3n) is 3.33. The Morgan fingerprint density at radius 2 is 2.00 bits per heavy atom. The van der Waals surface area contributed by atoms with Gasteiger partial charge in [-0.15, -0.1) is 0 Å². The number of hydrogen-bond acceptors (Lipinski definition) is 5. The van der Waals surface area contributed by atoms with E-state index in [9.17, 15) is 14.7 Å². The minimum Gasteiger partial charge on any atom is -0.507 e. The van der Waals surface area contributed by atoms with E-state index in [1.807, 2.05) is 0 Å². The molecule has 1 aromatic carbocycles. The monoisotopic (exact) mass is 333 g/mol. The molecular weight excluding hydrogens is 318 g/mol. The fourth-order valence-electron chi connectivity index (χ4n) is 2.11. The highest BCUT2D eigenvalue weighted by Crippen LogP contribution is 2.31. The number of carbonyl (C=O) groups excluding carboxylic acids is 2. The van der Waals surface area contributed by atoms with E-state index in [-0.39, 0.29) is 36.0 Å². The van der Waals surface area contributed by atoms with Crippen LogP contribution in [-0.4, -0.2) is 29.0 Å². The summed E-state index contributed by atoms with van der Waals surface area (Å²) in [5, 5.41) is 10.4. The molecule has 1 heterocycles. The third-order valence-corrected chi connectivity index (χ3v) is 3.56. The zero-order chi connectivity index (χ0) is 16.8. The molecule has 0 bridgehead atoms. The predicted octanol–water partition coefficient (Wildman–Crippen LogP) is 3.63.